The third-order valence-electron chi connectivity index (χ3n) is 4.15. The van der Waals surface area contributed by atoms with Gasteiger partial charge in [-0.2, -0.15) is 0 Å². The van der Waals surface area contributed by atoms with Gasteiger partial charge in [0.1, 0.15) is 5.82 Å². The van der Waals surface area contributed by atoms with Crippen LogP contribution in [0, 0.1) is 5.82 Å². The normalized spacial score (nSPS) is 15.1. The van der Waals surface area contributed by atoms with Gasteiger partial charge in [0.25, 0.3) is 0 Å². The molecule has 0 spiro atoms. The van der Waals surface area contributed by atoms with Gasteiger partial charge in [-0.3, -0.25) is 4.99 Å². The molecule has 0 radical (unpaired) electrons. The molecule has 2 nitrogen and oxygen atoms in total. The van der Waals surface area contributed by atoms with Gasteiger partial charge in [-0.1, -0.05) is 32.9 Å². The molecule has 0 saturated carbocycles. The first-order valence-corrected chi connectivity index (χ1v) is 10.4. The largest absolute Gasteiger partial charge is 0.412 e. The molecule has 0 saturated heterocycles. The molecular weight excluding hydrogens is 281 g/mol. The minimum absolute atomic E-state index is 0.0984. The zero-order valence-electron chi connectivity index (χ0n) is 14.3. The Morgan fingerprint density at radius 1 is 1.24 bits per heavy atom. The van der Waals surface area contributed by atoms with Gasteiger partial charge in [0.05, 0.1) is 12.6 Å². The molecule has 1 rings (SSSR count). The molecule has 1 atom stereocenters. The van der Waals surface area contributed by atoms with E-state index in [9.17, 15) is 4.39 Å². The summed E-state index contributed by atoms with van der Waals surface area (Å²) in [6.07, 6.45) is 0.0984. The van der Waals surface area contributed by atoms with Crippen molar-refractivity contribution in [3.8, 4) is 0 Å². The number of benzene rings is 1. The van der Waals surface area contributed by atoms with E-state index in [1.165, 1.54) is 12.1 Å². The first kappa shape index (κ1) is 18.0. The van der Waals surface area contributed by atoms with Gasteiger partial charge in [-0.05, 0) is 49.7 Å². The number of rotatable bonds is 5. The average Bonchev–Trinajstić information content (AvgIpc) is 2.35. The Bertz CT molecular complexity index is 489. The monoisotopic (exact) mass is 309 g/mol. The summed E-state index contributed by atoms with van der Waals surface area (Å²) < 4.78 is 19.2. The van der Waals surface area contributed by atoms with Crippen molar-refractivity contribution in [1.82, 2.24) is 0 Å². The van der Waals surface area contributed by atoms with Crippen molar-refractivity contribution >= 4 is 14.0 Å². The van der Waals surface area contributed by atoms with E-state index in [-0.39, 0.29) is 17.0 Å². The van der Waals surface area contributed by atoms with Crippen LogP contribution >= 0.6 is 0 Å². The van der Waals surface area contributed by atoms with E-state index >= 15 is 0 Å². The second-order valence-electron chi connectivity index (χ2n) is 7.12. The van der Waals surface area contributed by atoms with Crippen LogP contribution in [-0.2, 0) is 4.43 Å². The zero-order valence-corrected chi connectivity index (χ0v) is 15.3. The van der Waals surface area contributed by atoms with Gasteiger partial charge in [-0.25, -0.2) is 4.39 Å². The van der Waals surface area contributed by atoms with E-state index < -0.39 is 8.32 Å². The van der Waals surface area contributed by atoms with Crippen molar-refractivity contribution in [1.29, 1.82) is 0 Å². The number of nitrogens with zero attached hydrogens (tertiary/aromatic N) is 1. The lowest BCUT2D eigenvalue weighted by molar-refractivity contribution is 0.207. The summed E-state index contributed by atoms with van der Waals surface area (Å²) in [5.41, 5.74) is 1.87. The fraction of sp³-hybridized carbons (Fsp3) is 0.588. The van der Waals surface area contributed by atoms with Gasteiger partial charge in [0.2, 0.25) is 0 Å². The van der Waals surface area contributed by atoms with E-state index in [1.807, 2.05) is 6.92 Å². The number of aliphatic imine (C=N–C) groups is 1. The summed E-state index contributed by atoms with van der Waals surface area (Å²) in [6.45, 7) is 15.9. The maximum Gasteiger partial charge on any atom is 0.192 e. The highest BCUT2D eigenvalue weighted by Crippen LogP contribution is 2.37. The fourth-order valence-corrected chi connectivity index (χ4v) is 3.20. The Morgan fingerprint density at radius 3 is 2.24 bits per heavy atom. The molecule has 118 valence electrons. The molecular formula is C17H28FNOSi. The summed E-state index contributed by atoms with van der Waals surface area (Å²) in [5.74, 6) is -0.221. The van der Waals surface area contributed by atoms with Gasteiger partial charge >= 0.3 is 0 Å². The lowest BCUT2D eigenvalue weighted by Gasteiger charge is -2.38. The van der Waals surface area contributed by atoms with Crippen LogP contribution in [0.5, 0.6) is 0 Å². The van der Waals surface area contributed by atoms with Crippen LogP contribution in [0.3, 0.4) is 0 Å². The van der Waals surface area contributed by atoms with Crippen molar-refractivity contribution in [2.75, 3.05) is 6.54 Å². The predicted molar refractivity (Wildman–Crippen MR) is 91.2 cm³/mol. The van der Waals surface area contributed by atoms with E-state index in [0.717, 1.165) is 11.3 Å². The van der Waals surface area contributed by atoms with Crippen LogP contribution < -0.4 is 0 Å². The maximum absolute atomic E-state index is 12.9. The molecule has 0 N–H and O–H groups in total. The lowest BCUT2D eigenvalue weighted by Crippen LogP contribution is -2.44. The second kappa shape index (κ2) is 6.84. The third kappa shape index (κ3) is 5.36. The highest BCUT2D eigenvalue weighted by molar-refractivity contribution is 6.74. The zero-order chi connectivity index (χ0) is 16.3. The number of hydrogen-bond acceptors (Lipinski definition) is 2. The standard InChI is InChI=1S/C17H28FNOSi/c1-13(20-21(6,7)17(3,4)5)12-19-14(2)15-8-10-16(18)11-9-15/h8-11,13H,12H2,1-7H3. The first-order valence-electron chi connectivity index (χ1n) is 7.48. The Balaban J connectivity index is 2.65. The van der Waals surface area contributed by atoms with E-state index in [0.29, 0.717) is 6.54 Å². The summed E-state index contributed by atoms with van der Waals surface area (Å²) in [6, 6.07) is 6.44. The Morgan fingerprint density at radius 2 is 1.76 bits per heavy atom. The molecule has 1 unspecified atom stereocenters. The van der Waals surface area contributed by atoms with Gasteiger partial charge in [-0.15, -0.1) is 0 Å². The number of halogens is 1. The molecule has 0 aliphatic carbocycles. The highest BCUT2D eigenvalue weighted by Gasteiger charge is 2.38. The summed E-state index contributed by atoms with van der Waals surface area (Å²) in [7, 11) is -1.75. The van der Waals surface area contributed by atoms with Crippen LogP contribution in [-0.4, -0.2) is 26.7 Å². The first-order chi connectivity index (χ1) is 9.53. The van der Waals surface area contributed by atoms with Crippen molar-refractivity contribution < 1.29 is 8.82 Å². The smallest absolute Gasteiger partial charge is 0.192 e. The number of hydrogen-bond donors (Lipinski definition) is 0. The predicted octanol–water partition coefficient (Wildman–Crippen LogP) is 5.05. The van der Waals surface area contributed by atoms with Crippen molar-refractivity contribution in [2.24, 2.45) is 4.99 Å². The third-order valence-corrected chi connectivity index (χ3v) is 8.75. The Labute approximate surface area is 129 Å². The molecule has 0 aromatic heterocycles. The molecule has 0 fully saturated rings. The quantitative estimate of drug-likeness (QED) is 0.551. The molecule has 4 heteroatoms. The SMILES string of the molecule is CC(=NCC(C)O[Si](C)(C)C(C)(C)C)c1ccc(F)cc1. The van der Waals surface area contributed by atoms with Crippen molar-refractivity contribution in [3.05, 3.63) is 35.6 Å². The topological polar surface area (TPSA) is 21.6 Å². The molecule has 0 bridgehead atoms. The van der Waals surface area contributed by atoms with Crippen LogP contribution in [0.2, 0.25) is 18.1 Å². The van der Waals surface area contributed by atoms with Crippen LogP contribution in [0.25, 0.3) is 0 Å². The highest BCUT2D eigenvalue weighted by atomic mass is 28.4. The van der Waals surface area contributed by atoms with Crippen LogP contribution in [0.4, 0.5) is 4.39 Å². The average molecular weight is 310 g/mol. The van der Waals surface area contributed by atoms with E-state index in [1.54, 1.807) is 12.1 Å². The summed E-state index contributed by atoms with van der Waals surface area (Å²) in [4.78, 5) is 4.58. The molecule has 1 aromatic rings. The Hall–Kier alpha value is -1.00. The molecule has 21 heavy (non-hydrogen) atoms. The van der Waals surface area contributed by atoms with Crippen LogP contribution in [0.1, 0.15) is 40.2 Å². The van der Waals surface area contributed by atoms with E-state index in [2.05, 4.69) is 45.8 Å². The van der Waals surface area contributed by atoms with Gasteiger partial charge in [0.15, 0.2) is 8.32 Å². The second-order valence-corrected chi connectivity index (χ2v) is 11.9. The molecule has 1 aromatic carbocycles. The molecule has 0 aliphatic heterocycles. The molecule has 0 amide bonds. The summed E-state index contributed by atoms with van der Waals surface area (Å²) >= 11 is 0. The molecule has 0 aliphatic rings. The molecule has 0 heterocycles. The maximum atomic E-state index is 12.9. The van der Waals surface area contributed by atoms with Gasteiger partial charge in [0, 0.05) is 5.71 Å². The van der Waals surface area contributed by atoms with E-state index in [4.69, 9.17) is 4.43 Å². The minimum atomic E-state index is -1.75. The lowest BCUT2D eigenvalue weighted by atomic mass is 10.1. The van der Waals surface area contributed by atoms with Crippen molar-refractivity contribution in [3.63, 3.8) is 0 Å². The van der Waals surface area contributed by atoms with Gasteiger partial charge < -0.3 is 4.43 Å². The fourth-order valence-electron chi connectivity index (χ4n) is 1.76. The van der Waals surface area contributed by atoms with Crippen LogP contribution in [0.15, 0.2) is 29.3 Å². The minimum Gasteiger partial charge on any atom is -0.412 e. The Kier molecular flexibility index (Phi) is 5.88. The van der Waals surface area contributed by atoms with Crippen molar-refractivity contribution in [2.45, 2.75) is 58.9 Å². The summed E-state index contributed by atoms with van der Waals surface area (Å²) in [5, 5.41) is 0.205.